The summed E-state index contributed by atoms with van der Waals surface area (Å²) in [6.07, 6.45) is 0. The maximum absolute atomic E-state index is 5.36. The van der Waals surface area contributed by atoms with Gasteiger partial charge in [0.1, 0.15) is 0 Å². The minimum atomic E-state index is 0.532. The number of hydrogen-bond donors (Lipinski definition) is 2. The lowest BCUT2D eigenvalue weighted by Crippen LogP contribution is -2.37. The monoisotopic (exact) mass is 144 g/mol. The summed E-state index contributed by atoms with van der Waals surface area (Å²) >= 11 is 0. The molecule has 0 rings (SSSR count). The molecule has 62 valence electrons. The summed E-state index contributed by atoms with van der Waals surface area (Å²) in [6, 6.07) is 0.532. The van der Waals surface area contributed by atoms with E-state index in [4.69, 9.17) is 5.73 Å². The van der Waals surface area contributed by atoms with Gasteiger partial charge >= 0.3 is 0 Å². The van der Waals surface area contributed by atoms with Gasteiger partial charge in [0.25, 0.3) is 0 Å². The highest BCUT2D eigenvalue weighted by molar-refractivity contribution is 4.69. The second-order valence-electron chi connectivity index (χ2n) is 3.30. The lowest BCUT2D eigenvalue weighted by molar-refractivity contribution is 0.318. The van der Waals surface area contributed by atoms with Crippen LogP contribution in [0.15, 0.2) is 0 Å². The molecule has 0 aromatic carbocycles. The van der Waals surface area contributed by atoms with Crippen molar-refractivity contribution in [2.75, 3.05) is 6.67 Å². The molecule has 0 heterocycles. The van der Waals surface area contributed by atoms with Crippen molar-refractivity contribution in [3.8, 4) is 0 Å². The Hall–Kier alpha value is -0.0800. The van der Waals surface area contributed by atoms with Crippen LogP contribution in [-0.2, 0) is 0 Å². The molecule has 2 nitrogen and oxygen atoms in total. The third kappa shape index (κ3) is 3.18. The van der Waals surface area contributed by atoms with Crippen LogP contribution in [0.5, 0.6) is 0 Å². The molecule has 0 unspecified atom stereocenters. The van der Waals surface area contributed by atoms with E-state index < -0.39 is 0 Å². The Bertz CT molecular complexity index is 81.3. The maximum Gasteiger partial charge on any atom is 0.0430 e. The summed E-state index contributed by atoms with van der Waals surface area (Å²) in [5.41, 5.74) is 5.36. The van der Waals surface area contributed by atoms with E-state index in [1.807, 2.05) is 0 Å². The highest BCUT2D eigenvalue weighted by Crippen LogP contribution is 2.13. The molecule has 0 aliphatic carbocycles. The van der Waals surface area contributed by atoms with Crippen LogP contribution in [0.2, 0.25) is 0 Å². The first-order valence-corrected chi connectivity index (χ1v) is 4.03. The van der Waals surface area contributed by atoms with Crippen molar-refractivity contribution < 1.29 is 0 Å². The van der Waals surface area contributed by atoms with Gasteiger partial charge in [0, 0.05) is 12.7 Å². The lowest BCUT2D eigenvalue weighted by atomic mass is 9.91. The maximum atomic E-state index is 5.36. The lowest BCUT2D eigenvalue weighted by Gasteiger charge is -2.23. The molecule has 0 saturated heterocycles. The van der Waals surface area contributed by atoms with Crippen LogP contribution in [0.3, 0.4) is 0 Å². The van der Waals surface area contributed by atoms with E-state index in [-0.39, 0.29) is 0 Å². The third-order valence-electron chi connectivity index (χ3n) is 2.28. The van der Waals surface area contributed by atoms with Gasteiger partial charge in [-0.2, -0.15) is 0 Å². The average Bonchev–Trinajstić information content (AvgIpc) is 1.87. The van der Waals surface area contributed by atoms with Crippen LogP contribution in [-0.4, -0.2) is 12.7 Å². The van der Waals surface area contributed by atoms with Crippen LogP contribution in [0.1, 0.15) is 27.7 Å². The quantitative estimate of drug-likeness (QED) is 0.581. The molecule has 10 heavy (non-hydrogen) atoms. The second-order valence-corrected chi connectivity index (χ2v) is 3.30. The Morgan fingerprint density at radius 1 is 1.20 bits per heavy atom. The summed E-state index contributed by atoms with van der Waals surface area (Å²) < 4.78 is 0. The summed E-state index contributed by atoms with van der Waals surface area (Å²) in [6.45, 7) is 9.48. The zero-order valence-electron chi connectivity index (χ0n) is 7.52. The van der Waals surface area contributed by atoms with Crippen LogP contribution in [0.4, 0.5) is 0 Å². The molecular formula is C8H20N2. The first kappa shape index (κ1) is 9.92. The highest BCUT2D eigenvalue weighted by Gasteiger charge is 2.13. The first-order chi connectivity index (χ1) is 4.59. The Labute approximate surface area is 64.2 Å². The van der Waals surface area contributed by atoms with E-state index in [0.717, 1.165) is 5.92 Å². The second kappa shape index (κ2) is 4.69. The third-order valence-corrected chi connectivity index (χ3v) is 2.28. The zero-order valence-corrected chi connectivity index (χ0v) is 7.52. The van der Waals surface area contributed by atoms with Crippen molar-refractivity contribution in [3.63, 3.8) is 0 Å². The molecule has 0 bridgehead atoms. The van der Waals surface area contributed by atoms with Crippen molar-refractivity contribution >= 4 is 0 Å². The van der Waals surface area contributed by atoms with E-state index in [0.29, 0.717) is 18.6 Å². The molecule has 0 aliphatic rings. The molecule has 0 aromatic heterocycles. The van der Waals surface area contributed by atoms with Gasteiger partial charge in [0.2, 0.25) is 0 Å². The van der Waals surface area contributed by atoms with Crippen molar-refractivity contribution in [1.82, 2.24) is 5.32 Å². The van der Waals surface area contributed by atoms with Crippen molar-refractivity contribution in [3.05, 3.63) is 0 Å². The predicted octanol–water partition coefficient (Wildman–Crippen LogP) is 1.17. The molecule has 2 atom stereocenters. The van der Waals surface area contributed by atoms with E-state index in [2.05, 4.69) is 33.0 Å². The van der Waals surface area contributed by atoms with Crippen LogP contribution < -0.4 is 11.1 Å². The first-order valence-electron chi connectivity index (χ1n) is 4.03. The van der Waals surface area contributed by atoms with Crippen molar-refractivity contribution in [2.24, 2.45) is 17.6 Å². The number of rotatable bonds is 4. The summed E-state index contributed by atoms with van der Waals surface area (Å²) in [4.78, 5) is 0. The van der Waals surface area contributed by atoms with Gasteiger partial charge in [-0.25, -0.2) is 0 Å². The molecule has 0 aliphatic heterocycles. The van der Waals surface area contributed by atoms with E-state index >= 15 is 0 Å². The smallest absolute Gasteiger partial charge is 0.0430 e. The summed E-state index contributed by atoms with van der Waals surface area (Å²) in [5.74, 6) is 1.43. The fourth-order valence-electron chi connectivity index (χ4n) is 0.949. The zero-order chi connectivity index (χ0) is 8.15. The van der Waals surface area contributed by atoms with E-state index in [1.165, 1.54) is 0 Å². The predicted molar refractivity (Wildman–Crippen MR) is 45.7 cm³/mol. The summed E-state index contributed by atoms with van der Waals surface area (Å²) in [7, 11) is 0. The molecule has 0 fully saturated rings. The van der Waals surface area contributed by atoms with Gasteiger partial charge in [-0.1, -0.05) is 20.8 Å². The normalized spacial score (nSPS) is 17.4. The number of hydrogen-bond acceptors (Lipinski definition) is 2. The van der Waals surface area contributed by atoms with Crippen molar-refractivity contribution in [2.45, 2.75) is 33.7 Å². The summed E-state index contributed by atoms with van der Waals surface area (Å²) in [5, 5.41) is 3.20. The largest absolute Gasteiger partial charge is 0.318 e. The Morgan fingerprint density at radius 3 is 2.00 bits per heavy atom. The Kier molecular flexibility index (Phi) is 4.65. The van der Waals surface area contributed by atoms with Crippen LogP contribution in [0, 0.1) is 11.8 Å². The SMILES string of the molecule is CC(C)[C@@H](C)[C@@H](C)NCN. The van der Waals surface area contributed by atoms with Gasteiger partial charge in [0.15, 0.2) is 0 Å². The fourth-order valence-corrected chi connectivity index (χ4v) is 0.949. The molecule has 0 amide bonds. The fraction of sp³-hybridized carbons (Fsp3) is 1.00. The molecule has 2 heteroatoms. The number of nitrogens with two attached hydrogens (primary N) is 1. The Morgan fingerprint density at radius 2 is 1.70 bits per heavy atom. The van der Waals surface area contributed by atoms with Gasteiger partial charge in [-0.15, -0.1) is 0 Å². The van der Waals surface area contributed by atoms with Gasteiger partial charge in [0.05, 0.1) is 0 Å². The number of nitrogens with one attached hydrogen (secondary N) is 1. The molecular weight excluding hydrogens is 124 g/mol. The molecule has 0 spiro atoms. The van der Waals surface area contributed by atoms with Gasteiger partial charge in [-0.05, 0) is 18.8 Å². The topological polar surface area (TPSA) is 38.0 Å². The Balaban J connectivity index is 3.58. The molecule has 0 radical (unpaired) electrons. The van der Waals surface area contributed by atoms with Crippen LogP contribution >= 0.6 is 0 Å². The average molecular weight is 144 g/mol. The van der Waals surface area contributed by atoms with E-state index in [1.54, 1.807) is 0 Å². The van der Waals surface area contributed by atoms with E-state index in [9.17, 15) is 0 Å². The van der Waals surface area contributed by atoms with Gasteiger partial charge in [-0.3, -0.25) is 0 Å². The highest BCUT2D eigenvalue weighted by atomic mass is 15.0. The molecule has 0 saturated carbocycles. The standard InChI is InChI=1S/C8H20N2/c1-6(2)7(3)8(4)10-5-9/h6-8,10H,5,9H2,1-4H3/t7-,8-/m1/s1. The van der Waals surface area contributed by atoms with Gasteiger partial charge < -0.3 is 11.1 Å². The van der Waals surface area contributed by atoms with Crippen molar-refractivity contribution in [1.29, 1.82) is 0 Å². The van der Waals surface area contributed by atoms with Crippen LogP contribution in [0.25, 0.3) is 0 Å². The minimum Gasteiger partial charge on any atom is -0.318 e. The molecule has 3 N–H and O–H groups in total. The minimum absolute atomic E-state index is 0.532. The molecule has 0 aromatic rings.